The number of aromatic nitrogens is 1. The molecule has 4 rings (SSSR count). The summed E-state index contributed by atoms with van der Waals surface area (Å²) in [6, 6.07) is 7.88. The van der Waals surface area contributed by atoms with Gasteiger partial charge in [0.15, 0.2) is 0 Å². The molecule has 7 amide bonds. The van der Waals surface area contributed by atoms with Crippen LogP contribution in [0.3, 0.4) is 0 Å². The van der Waals surface area contributed by atoms with Gasteiger partial charge in [0.1, 0.15) is 36.3 Å². The number of carbonyl (C=O) groups excluding carboxylic acids is 7. The van der Waals surface area contributed by atoms with Crippen molar-refractivity contribution in [3.63, 3.8) is 0 Å². The van der Waals surface area contributed by atoms with Crippen LogP contribution in [0.15, 0.2) is 60.8 Å². The highest BCUT2D eigenvalue weighted by Crippen LogP contribution is 2.19. The van der Waals surface area contributed by atoms with Crippen molar-refractivity contribution < 1.29 is 43.8 Å². The van der Waals surface area contributed by atoms with E-state index < -0.39 is 109 Å². The van der Waals surface area contributed by atoms with Gasteiger partial charge in [-0.2, -0.15) is 0 Å². The van der Waals surface area contributed by atoms with Crippen LogP contribution in [0.25, 0.3) is 10.9 Å². The van der Waals surface area contributed by atoms with Gasteiger partial charge in [0.2, 0.25) is 41.4 Å². The summed E-state index contributed by atoms with van der Waals surface area (Å²) >= 11 is 0. The van der Waals surface area contributed by atoms with E-state index in [-0.39, 0.29) is 12.8 Å². The fraction of sp³-hybridized carbons (Fsp3) is 0.447. The molecule has 1 saturated heterocycles. The molecule has 2 aromatic carbocycles. The molecule has 296 valence electrons. The van der Waals surface area contributed by atoms with Gasteiger partial charge in [-0.25, -0.2) is 0 Å². The number of carbonyl (C=O) groups is 7. The topological polar surface area (TPSA) is 260 Å². The zero-order valence-corrected chi connectivity index (χ0v) is 31.2. The van der Waals surface area contributed by atoms with Gasteiger partial charge in [0.05, 0.1) is 19.8 Å². The molecule has 55 heavy (non-hydrogen) atoms. The Balaban J connectivity index is 1.70. The Labute approximate surface area is 318 Å². The Hall–Kier alpha value is -5.81. The molecule has 3 aromatic rings. The zero-order chi connectivity index (χ0) is 40.2. The first-order valence-electron chi connectivity index (χ1n) is 18.1. The quantitative estimate of drug-likeness (QED) is 0.125. The molecule has 0 unspecified atom stereocenters. The van der Waals surface area contributed by atoms with Gasteiger partial charge in [-0.15, -0.1) is 0 Å². The predicted molar refractivity (Wildman–Crippen MR) is 201 cm³/mol. The SMILES string of the molecule is CC(C)[C@H]1NC(=O)CNC(=O)[C@H](CO)NC(=O)[C@@H](Cc2c[nH]c3ccccc23)NC(=O)[C@@H](CO)NC(=O)[C@@H](C(C)C)NC(=O)[C@H](Cc2ccccc2)NC1=O. The lowest BCUT2D eigenvalue weighted by molar-refractivity contribution is -0.136. The molecule has 6 atom stereocenters. The number of rotatable bonds is 8. The number of aromatic amines is 1. The summed E-state index contributed by atoms with van der Waals surface area (Å²) in [7, 11) is 0. The molecular formula is C38H50N8O9. The Morgan fingerprint density at radius 2 is 1.05 bits per heavy atom. The molecule has 1 aromatic heterocycles. The Morgan fingerprint density at radius 1 is 0.564 bits per heavy atom. The van der Waals surface area contributed by atoms with Crippen molar-refractivity contribution in [3.05, 3.63) is 71.9 Å². The standard InChI is InChI=1S/C38H50N8O9/c1-20(2)31-37(54)42-26(14-22-10-6-5-7-11-22)35(52)46-32(21(3)4)38(55)44-29(19-48)36(53)41-27(15-23-16-39-25-13-9-8-12-24(23)25)34(51)43-28(18-47)33(50)40-17-30(49)45-31/h5-13,16,20-21,26-29,31-32,39,47-48H,14-15,17-19H2,1-4H3,(H,40,50)(H,41,53)(H,42,54)(H,43,51)(H,44,55)(H,45,49)(H,46,52)/t26-,27+,28-,29+,31+,32+/m0/s1. The van der Waals surface area contributed by atoms with Crippen LogP contribution in [-0.2, 0) is 46.4 Å². The van der Waals surface area contributed by atoms with Crippen molar-refractivity contribution in [2.24, 2.45) is 11.8 Å². The normalized spacial score (nSPS) is 24.2. The number of para-hydroxylation sites is 1. The Kier molecular flexibility index (Phi) is 14.9. The fourth-order valence-electron chi connectivity index (χ4n) is 6.08. The van der Waals surface area contributed by atoms with Crippen LogP contribution >= 0.6 is 0 Å². The lowest BCUT2D eigenvalue weighted by Gasteiger charge is -2.29. The monoisotopic (exact) mass is 762 g/mol. The average Bonchev–Trinajstić information content (AvgIpc) is 3.57. The highest BCUT2D eigenvalue weighted by atomic mass is 16.3. The maximum absolute atomic E-state index is 13.9. The van der Waals surface area contributed by atoms with Crippen LogP contribution in [0, 0.1) is 11.8 Å². The first-order valence-corrected chi connectivity index (χ1v) is 18.1. The summed E-state index contributed by atoms with van der Waals surface area (Å²) in [5, 5.41) is 38.7. The summed E-state index contributed by atoms with van der Waals surface area (Å²) in [4.78, 5) is 97.8. The summed E-state index contributed by atoms with van der Waals surface area (Å²) in [5.74, 6) is -6.81. The Morgan fingerprint density at radius 3 is 1.69 bits per heavy atom. The summed E-state index contributed by atoms with van der Waals surface area (Å²) in [6.07, 6.45) is 1.55. The van der Waals surface area contributed by atoms with E-state index in [4.69, 9.17) is 0 Å². The van der Waals surface area contributed by atoms with E-state index in [1.165, 1.54) is 0 Å². The average molecular weight is 763 g/mol. The second kappa shape index (κ2) is 19.5. The van der Waals surface area contributed by atoms with Gasteiger partial charge in [-0.1, -0.05) is 76.2 Å². The highest BCUT2D eigenvalue weighted by Gasteiger charge is 2.35. The molecule has 10 N–H and O–H groups in total. The number of nitrogens with one attached hydrogen (secondary N) is 8. The van der Waals surface area contributed by atoms with Gasteiger partial charge in [0.25, 0.3) is 0 Å². The molecular weight excluding hydrogens is 712 g/mol. The third-order valence-electron chi connectivity index (χ3n) is 9.21. The smallest absolute Gasteiger partial charge is 0.245 e. The maximum atomic E-state index is 13.9. The fourth-order valence-corrected chi connectivity index (χ4v) is 6.08. The molecule has 0 spiro atoms. The van der Waals surface area contributed by atoms with Crippen LogP contribution in [-0.4, -0.2) is 113 Å². The number of aliphatic hydroxyl groups is 2. The van der Waals surface area contributed by atoms with Crippen molar-refractivity contribution in [3.8, 4) is 0 Å². The molecule has 0 bridgehead atoms. The van der Waals surface area contributed by atoms with Crippen molar-refractivity contribution in [1.29, 1.82) is 0 Å². The lowest BCUT2D eigenvalue weighted by Crippen LogP contribution is -2.61. The number of H-pyrrole nitrogens is 1. The van der Waals surface area contributed by atoms with E-state index in [1.807, 2.05) is 12.1 Å². The number of benzene rings is 2. The Bertz CT molecular complexity index is 1850. The molecule has 1 aliphatic rings. The number of fused-ring (bicyclic) bond motifs is 1. The first kappa shape index (κ1) is 41.9. The van der Waals surface area contributed by atoms with E-state index in [1.54, 1.807) is 76.4 Å². The van der Waals surface area contributed by atoms with Crippen LogP contribution in [0.2, 0.25) is 0 Å². The molecule has 17 heteroatoms. The third-order valence-corrected chi connectivity index (χ3v) is 9.21. The van der Waals surface area contributed by atoms with E-state index in [9.17, 15) is 43.8 Å². The van der Waals surface area contributed by atoms with Gasteiger partial charge >= 0.3 is 0 Å². The molecule has 17 nitrogen and oxygen atoms in total. The molecule has 1 aliphatic heterocycles. The van der Waals surface area contributed by atoms with Gasteiger partial charge in [-0.05, 0) is 29.0 Å². The van der Waals surface area contributed by atoms with Crippen molar-refractivity contribution in [2.45, 2.75) is 76.8 Å². The van der Waals surface area contributed by atoms with Gasteiger partial charge in [-0.3, -0.25) is 33.6 Å². The minimum atomic E-state index is -1.58. The summed E-state index contributed by atoms with van der Waals surface area (Å²) in [6.45, 7) is 4.27. The summed E-state index contributed by atoms with van der Waals surface area (Å²) in [5.41, 5.74) is 2.05. The minimum absolute atomic E-state index is 0.0166. The van der Waals surface area contributed by atoms with E-state index in [0.717, 1.165) is 10.9 Å². The number of hydrogen-bond acceptors (Lipinski definition) is 9. The molecule has 0 aliphatic carbocycles. The first-order chi connectivity index (χ1) is 26.2. The lowest BCUT2D eigenvalue weighted by atomic mass is 9.99. The van der Waals surface area contributed by atoms with Crippen molar-refractivity contribution in [1.82, 2.24) is 42.2 Å². The number of aliphatic hydroxyl groups excluding tert-OH is 2. The number of amides is 7. The maximum Gasteiger partial charge on any atom is 0.245 e. The summed E-state index contributed by atoms with van der Waals surface area (Å²) < 4.78 is 0. The van der Waals surface area contributed by atoms with Crippen LogP contribution in [0.4, 0.5) is 0 Å². The van der Waals surface area contributed by atoms with E-state index in [2.05, 4.69) is 42.2 Å². The minimum Gasteiger partial charge on any atom is -0.394 e. The van der Waals surface area contributed by atoms with Gasteiger partial charge in [0, 0.05) is 29.9 Å². The van der Waals surface area contributed by atoms with Crippen LogP contribution in [0.1, 0.15) is 38.8 Å². The van der Waals surface area contributed by atoms with Gasteiger partial charge < -0.3 is 52.4 Å². The van der Waals surface area contributed by atoms with E-state index >= 15 is 0 Å². The van der Waals surface area contributed by atoms with Crippen LogP contribution in [0.5, 0.6) is 0 Å². The number of hydrogen-bond donors (Lipinski definition) is 10. The van der Waals surface area contributed by atoms with Crippen molar-refractivity contribution in [2.75, 3.05) is 19.8 Å². The highest BCUT2D eigenvalue weighted by molar-refractivity contribution is 5.98. The third kappa shape index (κ3) is 11.3. The molecule has 0 saturated carbocycles. The van der Waals surface area contributed by atoms with E-state index in [0.29, 0.717) is 11.1 Å². The second-order valence-electron chi connectivity index (χ2n) is 14.1. The second-order valence-corrected chi connectivity index (χ2v) is 14.1. The van der Waals surface area contributed by atoms with Crippen LogP contribution < -0.4 is 37.2 Å². The zero-order valence-electron chi connectivity index (χ0n) is 31.2. The molecule has 0 radical (unpaired) electrons. The molecule has 2 heterocycles. The van der Waals surface area contributed by atoms with Crippen molar-refractivity contribution >= 4 is 52.3 Å². The largest absolute Gasteiger partial charge is 0.394 e. The molecule has 1 fully saturated rings. The predicted octanol–water partition coefficient (Wildman–Crippen LogP) is -1.71.